The Morgan fingerprint density at radius 2 is 2.19 bits per heavy atom. The van der Waals surface area contributed by atoms with E-state index in [-0.39, 0.29) is 5.91 Å². The van der Waals surface area contributed by atoms with E-state index in [1.54, 1.807) is 0 Å². The molecule has 0 fully saturated rings. The number of rotatable bonds is 3. The topological polar surface area (TPSA) is 55.1 Å². The van der Waals surface area contributed by atoms with Gasteiger partial charge in [0.05, 0.1) is 16.3 Å². The number of anilines is 1. The molecular formula is C17H18N2OS. The van der Waals surface area contributed by atoms with Gasteiger partial charge in [0, 0.05) is 5.69 Å². The number of carbonyl (C=O) groups excluding carboxylic acids is 1. The Morgan fingerprint density at radius 3 is 2.90 bits per heavy atom. The van der Waals surface area contributed by atoms with Gasteiger partial charge in [-0.05, 0) is 42.7 Å². The summed E-state index contributed by atoms with van der Waals surface area (Å²) in [5.41, 5.74) is 8.40. The lowest BCUT2D eigenvalue weighted by Crippen LogP contribution is -2.10. The highest BCUT2D eigenvalue weighted by atomic mass is 32.1. The zero-order chi connectivity index (χ0) is 15.2. The molecule has 0 saturated heterocycles. The van der Waals surface area contributed by atoms with Crippen molar-refractivity contribution in [1.29, 1.82) is 0 Å². The maximum atomic E-state index is 12.3. The summed E-state index contributed by atoms with van der Waals surface area (Å²) < 4.78 is 0. The van der Waals surface area contributed by atoms with Crippen LogP contribution < -0.4 is 11.1 Å². The van der Waals surface area contributed by atoms with Crippen LogP contribution in [0.1, 0.15) is 32.6 Å². The minimum Gasteiger partial charge on any atom is -0.321 e. The molecule has 0 bridgehead atoms. The third-order valence-electron chi connectivity index (χ3n) is 3.04. The van der Waals surface area contributed by atoms with E-state index in [4.69, 9.17) is 5.73 Å². The first-order chi connectivity index (χ1) is 10.1. The number of thiophene rings is 1. The van der Waals surface area contributed by atoms with Gasteiger partial charge in [0.25, 0.3) is 5.91 Å². The van der Waals surface area contributed by atoms with Crippen LogP contribution in [0.5, 0.6) is 0 Å². The maximum absolute atomic E-state index is 12.3. The third-order valence-corrected chi connectivity index (χ3v) is 4.19. The zero-order valence-corrected chi connectivity index (χ0v) is 13.0. The molecule has 0 aliphatic rings. The lowest BCUT2D eigenvalue weighted by molar-refractivity contribution is 0.103. The van der Waals surface area contributed by atoms with Gasteiger partial charge in [-0.15, -0.1) is 11.3 Å². The summed E-state index contributed by atoms with van der Waals surface area (Å²) in [5.74, 6) is 5.71. The first-order valence-electron chi connectivity index (χ1n) is 6.83. The molecule has 4 heteroatoms. The average Bonchev–Trinajstić information content (AvgIpc) is 2.86. The van der Waals surface area contributed by atoms with Crippen molar-refractivity contribution in [3.63, 3.8) is 0 Å². The molecule has 2 aromatic rings. The standard InChI is InChI=1S/C17H18N2OS/c1-3-13-6-4-7-14(11-13)19-17(20)16-10-12(2)15(21-16)8-5-9-18/h4,6-7,10-11H,3,9,18H2,1-2H3,(H,19,20). The van der Waals surface area contributed by atoms with Crippen molar-refractivity contribution >= 4 is 22.9 Å². The van der Waals surface area contributed by atoms with Crippen LogP contribution in [0.2, 0.25) is 0 Å². The largest absolute Gasteiger partial charge is 0.321 e. The molecule has 3 nitrogen and oxygen atoms in total. The fourth-order valence-electron chi connectivity index (χ4n) is 1.91. The van der Waals surface area contributed by atoms with Crippen LogP contribution in [0.3, 0.4) is 0 Å². The fraction of sp³-hybridized carbons (Fsp3) is 0.235. The highest BCUT2D eigenvalue weighted by molar-refractivity contribution is 7.14. The van der Waals surface area contributed by atoms with Gasteiger partial charge in [0.1, 0.15) is 0 Å². The zero-order valence-electron chi connectivity index (χ0n) is 12.2. The minimum absolute atomic E-state index is 0.0999. The van der Waals surface area contributed by atoms with Crippen molar-refractivity contribution in [2.75, 3.05) is 11.9 Å². The highest BCUT2D eigenvalue weighted by Gasteiger charge is 2.11. The second-order valence-corrected chi connectivity index (χ2v) is 5.69. The first kappa shape index (κ1) is 15.3. The first-order valence-corrected chi connectivity index (χ1v) is 7.65. The molecule has 21 heavy (non-hydrogen) atoms. The lowest BCUT2D eigenvalue weighted by Gasteiger charge is -2.05. The predicted octanol–water partition coefficient (Wildman–Crippen LogP) is 3.18. The molecule has 3 N–H and O–H groups in total. The van der Waals surface area contributed by atoms with Crippen LogP contribution >= 0.6 is 11.3 Å². The molecule has 1 amide bonds. The molecule has 0 spiro atoms. The Kier molecular flexibility index (Phi) is 5.15. The van der Waals surface area contributed by atoms with Crippen LogP contribution in [-0.4, -0.2) is 12.5 Å². The molecular weight excluding hydrogens is 280 g/mol. The Morgan fingerprint density at radius 1 is 1.38 bits per heavy atom. The number of carbonyl (C=O) groups is 1. The van der Waals surface area contributed by atoms with Crippen LogP contribution in [0.25, 0.3) is 0 Å². The Hall–Kier alpha value is -2.09. The Balaban J connectivity index is 2.16. The maximum Gasteiger partial charge on any atom is 0.265 e. The van der Waals surface area contributed by atoms with E-state index >= 15 is 0 Å². The van der Waals surface area contributed by atoms with Gasteiger partial charge in [0.15, 0.2) is 0 Å². The van der Waals surface area contributed by atoms with Crippen molar-refractivity contribution < 1.29 is 4.79 Å². The van der Waals surface area contributed by atoms with E-state index in [0.29, 0.717) is 11.4 Å². The summed E-state index contributed by atoms with van der Waals surface area (Å²) in [6.45, 7) is 4.36. The van der Waals surface area contributed by atoms with Gasteiger partial charge in [0.2, 0.25) is 0 Å². The number of amides is 1. The summed E-state index contributed by atoms with van der Waals surface area (Å²) in [6, 6.07) is 9.75. The van der Waals surface area contributed by atoms with Crippen molar-refractivity contribution in [2.45, 2.75) is 20.3 Å². The Labute approximate surface area is 129 Å². The van der Waals surface area contributed by atoms with E-state index in [2.05, 4.69) is 24.1 Å². The smallest absolute Gasteiger partial charge is 0.265 e. The Bertz CT molecular complexity index is 707. The van der Waals surface area contributed by atoms with Gasteiger partial charge < -0.3 is 11.1 Å². The lowest BCUT2D eigenvalue weighted by atomic mass is 10.1. The summed E-state index contributed by atoms with van der Waals surface area (Å²) in [6.07, 6.45) is 0.945. The predicted molar refractivity (Wildman–Crippen MR) is 88.8 cm³/mol. The monoisotopic (exact) mass is 298 g/mol. The van der Waals surface area contributed by atoms with Gasteiger partial charge in [-0.1, -0.05) is 30.9 Å². The number of nitrogens with one attached hydrogen (secondary N) is 1. The summed E-state index contributed by atoms with van der Waals surface area (Å²) >= 11 is 1.40. The van der Waals surface area contributed by atoms with Gasteiger partial charge in [-0.2, -0.15) is 0 Å². The van der Waals surface area contributed by atoms with Crippen LogP contribution in [-0.2, 0) is 6.42 Å². The molecule has 0 saturated carbocycles. The molecule has 0 aliphatic heterocycles. The second-order valence-electron chi connectivity index (χ2n) is 4.64. The molecule has 1 heterocycles. The van der Waals surface area contributed by atoms with Crippen LogP contribution in [0, 0.1) is 18.8 Å². The van der Waals surface area contributed by atoms with Crippen LogP contribution in [0.15, 0.2) is 30.3 Å². The molecule has 0 unspecified atom stereocenters. The van der Waals surface area contributed by atoms with Gasteiger partial charge >= 0.3 is 0 Å². The van der Waals surface area contributed by atoms with Crippen molar-refractivity contribution in [3.05, 3.63) is 51.2 Å². The van der Waals surface area contributed by atoms with E-state index in [1.807, 2.05) is 37.3 Å². The van der Waals surface area contributed by atoms with Crippen molar-refractivity contribution in [2.24, 2.45) is 5.73 Å². The third kappa shape index (κ3) is 3.94. The van der Waals surface area contributed by atoms with Crippen LogP contribution in [0.4, 0.5) is 5.69 Å². The van der Waals surface area contributed by atoms with E-state index < -0.39 is 0 Å². The number of hydrogen-bond acceptors (Lipinski definition) is 3. The second kappa shape index (κ2) is 7.07. The summed E-state index contributed by atoms with van der Waals surface area (Å²) in [5, 5.41) is 2.93. The number of nitrogens with two attached hydrogens (primary N) is 1. The summed E-state index contributed by atoms with van der Waals surface area (Å²) in [4.78, 5) is 13.8. The molecule has 0 radical (unpaired) electrons. The quantitative estimate of drug-likeness (QED) is 0.855. The number of hydrogen-bond donors (Lipinski definition) is 2. The van der Waals surface area contributed by atoms with Crippen molar-refractivity contribution in [1.82, 2.24) is 0 Å². The number of aryl methyl sites for hydroxylation is 2. The van der Waals surface area contributed by atoms with Gasteiger partial charge in [-0.25, -0.2) is 0 Å². The molecule has 2 rings (SSSR count). The van der Waals surface area contributed by atoms with E-state index in [9.17, 15) is 4.79 Å². The number of benzene rings is 1. The molecule has 1 aromatic carbocycles. The normalized spacial score (nSPS) is 9.86. The minimum atomic E-state index is -0.0999. The van der Waals surface area contributed by atoms with Gasteiger partial charge in [-0.3, -0.25) is 4.79 Å². The summed E-state index contributed by atoms with van der Waals surface area (Å²) in [7, 11) is 0. The SMILES string of the molecule is CCc1cccc(NC(=O)c2cc(C)c(C#CCN)s2)c1. The van der Waals surface area contributed by atoms with E-state index in [0.717, 1.165) is 22.5 Å². The molecule has 108 valence electrons. The molecule has 0 aliphatic carbocycles. The molecule has 1 aromatic heterocycles. The van der Waals surface area contributed by atoms with Crippen molar-refractivity contribution in [3.8, 4) is 11.8 Å². The molecule has 0 atom stereocenters. The average molecular weight is 298 g/mol. The fourth-order valence-corrected chi connectivity index (χ4v) is 2.85. The highest BCUT2D eigenvalue weighted by Crippen LogP contribution is 2.22. The van der Waals surface area contributed by atoms with E-state index in [1.165, 1.54) is 16.9 Å².